The maximum Gasteiger partial charge on any atom is 0.335 e. The summed E-state index contributed by atoms with van der Waals surface area (Å²) in [6.07, 6.45) is -20.6. The fourth-order valence-electron chi connectivity index (χ4n) is 5.51. The summed E-state index contributed by atoms with van der Waals surface area (Å²) >= 11 is 0. The third kappa shape index (κ3) is 6.28. The van der Waals surface area contributed by atoms with E-state index >= 15 is 0 Å². The molecule has 0 amide bonds. The van der Waals surface area contributed by atoms with Crippen molar-refractivity contribution in [1.29, 1.82) is 0 Å². The number of aliphatic hydroxyl groups excluding tert-OH is 7. The van der Waals surface area contributed by atoms with Gasteiger partial charge >= 0.3 is 11.9 Å². The minimum Gasteiger partial charge on any atom is -0.507 e. The number of hydrogen-bond acceptors (Lipinski definition) is 15. The Morgan fingerprint density at radius 1 is 0.783 bits per heavy atom. The molecule has 0 spiro atoms. The van der Waals surface area contributed by atoms with Gasteiger partial charge in [0.15, 0.2) is 12.2 Å². The van der Waals surface area contributed by atoms with Crippen LogP contribution in [-0.4, -0.2) is 131 Å². The minimum atomic E-state index is -1.94. The molecule has 2 aromatic carbocycles. The van der Waals surface area contributed by atoms with E-state index in [1.165, 1.54) is 12.1 Å². The van der Waals surface area contributed by atoms with Gasteiger partial charge in [0, 0.05) is 24.1 Å². The predicted molar refractivity (Wildman–Crippen MR) is 147 cm³/mol. The standard InChI is InChI=1S/C29H34O17/c1-2-9-3-4-10(5-15(9)44-29-22(37)18(33)20(35)25(46-29)27(40)41)23-14(31)8-12-13(30)6-11(7-16(12)43-23)42-28-21(36)17(32)19(34)24(45-28)26(38)39/h3-7,14,17-25,28-37H,2,8H2,1H3,(H,38,39)(H,40,41). The number of phenols is 1. The number of carboxylic acids is 2. The van der Waals surface area contributed by atoms with Crippen molar-refractivity contribution in [3.63, 3.8) is 0 Å². The molecule has 2 fully saturated rings. The molecule has 0 aliphatic carbocycles. The van der Waals surface area contributed by atoms with E-state index in [4.69, 9.17) is 23.7 Å². The molecule has 10 N–H and O–H groups in total. The van der Waals surface area contributed by atoms with Crippen LogP contribution in [0.5, 0.6) is 23.0 Å². The predicted octanol–water partition coefficient (Wildman–Crippen LogP) is -2.47. The highest BCUT2D eigenvalue weighted by Gasteiger charge is 2.49. The van der Waals surface area contributed by atoms with E-state index in [0.717, 1.165) is 6.07 Å². The van der Waals surface area contributed by atoms with Crippen LogP contribution in [0.4, 0.5) is 0 Å². The Labute approximate surface area is 260 Å². The summed E-state index contributed by atoms with van der Waals surface area (Å²) in [5.41, 5.74) is 1.10. The average molecular weight is 655 g/mol. The highest BCUT2D eigenvalue weighted by molar-refractivity contribution is 5.74. The van der Waals surface area contributed by atoms with Crippen molar-refractivity contribution in [3.8, 4) is 23.0 Å². The first-order valence-corrected chi connectivity index (χ1v) is 14.2. The topological polar surface area (TPSA) is 283 Å². The number of aryl methyl sites for hydroxylation is 1. The van der Waals surface area contributed by atoms with Crippen LogP contribution in [0.3, 0.4) is 0 Å². The lowest BCUT2D eigenvalue weighted by Crippen LogP contribution is -2.61. The van der Waals surface area contributed by atoms with Gasteiger partial charge < -0.3 is 74.7 Å². The molecule has 0 bridgehead atoms. The van der Waals surface area contributed by atoms with E-state index < -0.39 is 85.6 Å². The Hall–Kier alpha value is -3.78. The first-order valence-electron chi connectivity index (χ1n) is 14.2. The van der Waals surface area contributed by atoms with Crippen molar-refractivity contribution in [1.82, 2.24) is 0 Å². The van der Waals surface area contributed by atoms with Crippen molar-refractivity contribution >= 4 is 11.9 Å². The van der Waals surface area contributed by atoms with E-state index in [0.29, 0.717) is 17.5 Å². The molecule has 0 aromatic heterocycles. The monoisotopic (exact) mass is 654 g/mol. The zero-order valence-electron chi connectivity index (χ0n) is 24.1. The number of carbonyl (C=O) groups is 2. The summed E-state index contributed by atoms with van der Waals surface area (Å²) in [6.45, 7) is 1.79. The fourth-order valence-corrected chi connectivity index (χ4v) is 5.51. The number of carboxylic acid groups (broad SMARTS) is 2. The number of ether oxygens (including phenoxy) is 5. The Kier molecular flexibility index (Phi) is 9.60. The van der Waals surface area contributed by atoms with Gasteiger partial charge in [-0.3, -0.25) is 0 Å². The van der Waals surface area contributed by atoms with Crippen LogP contribution in [0.25, 0.3) is 0 Å². The van der Waals surface area contributed by atoms with E-state index in [1.54, 1.807) is 19.1 Å². The molecule has 12 unspecified atom stereocenters. The summed E-state index contributed by atoms with van der Waals surface area (Å²) in [5.74, 6) is -3.63. The quantitative estimate of drug-likeness (QED) is 0.141. The van der Waals surface area contributed by atoms with E-state index in [-0.39, 0.29) is 35.0 Å². The van der Waals surface area contributed by atoms with Gasteiger partial charge in [-0.2, -0.15) is 0 Å². The molecule has 12 atom stereocenters. The smallest absolute Gasteiger partial charge is 0.335 e. The molecule has 0 saturated carbocycles. The van der Waals surface area contributed by atoms with E-state index in [2.05, 4.69) is 0 Å². The normalized spacial score (nSPS) is 35.8. The highest BCUT2D eigenvalue weighted by atomic mass is 16.7. The third-order valence-corrected chi connectivity index (χ3v) is 8.10. The number of aliphatic carboxylic acids is 2. The number of benzene rings is 2. The SMILES string of the molecule is CCc1ccc(C2Oc3cc(OC4OC(C(=O)O)C(O)C(O)C4O)cc(O)c3CC2O)cc1OC1OC(C(=O)O)C(O)C(O)C1O. The van der Waals surface area contributed by atoms with Gasteiger partial charge in [-0.05, 0) is 23.6 Å². The van der Waals surface area contributed by atoms with Crippen LogP contribution in [0, 0.1) is 0 Å². The molecule has 252 valence electrons. The van der Waals surface area contributed by atoms with Crippen LogP contribution in [-0.2, 0) is 31.9 Å². The molecular formula is C29H34O17. The lowest BCUT2D eigenvalue weighted by molar-refractivity contribution is -0.271. The zero-order chi connectivity index (χ0) is 33.6. The van der Waals surface area contributed by atoms with E-state index in [1.807, 2.05) is 0 Å². The molecule has 17 nitrogen and oxygen atoms in total. The first kappa shape index (κ1) is 33.6. The molecule has 17 heteroatoms. The van der Waals surface area contributed by atoms with Gasteiger partial charge in [-0.25, -0.2) is 9.59 Å². The van der Waals surface area contributed by atoms with Crippen molar-refractivity contribution in [2.24, 2.45) is 0 Å². The molecule has 3 aliphatic rings. The minimum absolute atomic E-state index is 0.0282. The number of aromatic hydroxyl groups is 1. The van der Waals surface area contributed by atoms with Gasteiger partial charge in [-0.15, -0.1) is 0 Å². The molecule has 2 saturated heterocycles. The zero-order valence-corrected chi connectivity index (χ0v) is 24.1. The molecule has 5 rings (SSSR count). The van der Waals surface area contributed by atoms with Crippen molar-refractivity contribution < 1.29 is 84.3 Å². The lowest BCUT2D eigenvalue weighted by atomic mass is 9.93. The number of rotatable bonds is 8. The number of fused-ring (bicyclic) bond motifs is 1. The largest absolute Gasteiger partial charge is 0.507 e. The van der Waals surface area contributed by atoms with Crippen molar-refractivity contribution in [3.05, 3.63) is 47.0 Å². The Morgan fingerprint density at radius 3 is 1.89 bits per heavy atom. The molecule has 2 aromatic rings. The number of hydrogen-bond donors (Lipinski definition) is 10. The van der Waals surface area contributed by atoms with Crippen molar-refractivity contribution in [2.75, 3.05) is 0 Å². The summed E-state index contributed by atoms with van der Waals surface area (Å²) in [7, 11) is 0. The second kappa shape index (κ2) is 13.1. The van der Waals surface area contributed by atoms with Gasteiger partial charge in [0.25, 0.3) is 0 Å². The first-order chi connectivity index (χ1) is 21.7. The van der Waals surface area contributed by atoms with E-state index in [9.17, 15) is 60.7 Å². The number of aliphatic hydroxyl groups is 7. The van der Waals surface area contributed by atoms with Crippen LogP contribution in [0.1, 0.15) is 29.7 Å². The number of phenolic OH excluding ortho intramolecular Hbond substituents is 1. The maximum atomic E-state index is 11.5. The van der Waals surface area contributed by atoms with Crippen LogP contribution < -0.4 is 14.2 Å². The fraction of sp³-hybridized carbons (Fsp3) is 0.517. The summed E-state index contributed by atoms with van der Waals surface area (Å²) in [4.78, 5) is 22.9. The van der Waals surface area contributed by atoms with Gasteiger partial charge in [0.05, 0.1) is 6.10 Å². The third-order valence-electron chi connectivity index (χ3n) is 8.10. The van der Waals surface area contributed by atoms with Crippen LogP contribution >= 0.6 is 0 Å². The Balaban J connectivity index is 1.39. The van der Waals surface area contributed by atoms with Gasteiger partial charge in [0.2, 0.25) is 12.6 Å². The lowest BCUT2D eigenvalue weighted by Gasteiger charge is -2.39. The van der Waals surface area contributed by atoms with Gasteiger partial charge in [-0.1, -0.05) is 19.1 Å². The molecule has 3 heterocycles. The Bertz CT molecular complexity index is 1450. The maximum absolute atomic E-state index is 11.5. The molecule has 3 aliphatic heterocycles. The summed E-state index contributed by atoms with van der Waals surface area (Å²) in [6, 6.07) is 7.08. The summed E-state index contributed by atoms with van der Waals surface area (Å²) < 4.78 is 27.7. The second-order valence-electron chi connectivity index (χ2n) is 11.2. The molecule has 46 heavy (non-hydrogen) atoms. The Morgan fingerprint density at radius 2 is 1.35 bits per heavy atom. The van der Waals surface area contributed by atoms with Gasteiger partial charge in [0.1, 0.15) is 65.7 Å². The van der Waals surface area contributed by atoms with Crippen molar-refractivity contribution in [2.45, 2.75) is 93.4 Å². The van der Waals surface area contributed by atoms with Crippen LogP contribution in [0.15, 0.2) is 30.3 Å². The average Bonchev–Trinajstić information content (AvgIpc) is 3.01. The summed E-state index contributed by atoms with van der Waals surface area (Å²) in [5, 5.41) is 101. The highest BCUT2D eigenvalue weighted by Crippen LogP contribution is 2.43. The second-order valence-corrected chi connectivity index (χ2v) is 11.2. The van der Waals surface area contributed by atoms with Crippen LogP contribution in [0.2, 0.25) is 0 Å². The molecular weight excluding hydrogens is 620 g/mol. The molecule has 0 radical (unpaired) electrons.